The summed E-state index contributed by atoms with van der Waals surface area (Å²) < 4.78 is 0. The fourth-order valence-electron chi connectivity index (χ4n) is 2.98. The minimum absolute atomic E-state index is 0.124. The molecule has 2 aromatic rings. The van der Waals surface area contributed by atoms with Gasteiger partial charge in [0.05, 0.1) is 5.92 Å². The number of nitrogens with one attached hydrogen (secondary N) is 2. The third-order valence-corrected chi connectivity index (χ3v) is 4.16. The number of para-hydroxylation sites is 2. The zero-order chi connectivity index (χ0) is 16.4. The van der Waals surface area contributed by atoms with Crippen LogP contribution in [-0.2, 0) is 9.59 Å². The quantitative estimate of drug-likeness (QED) is 0.904. The van der Waals surface area contributed by atoms with Crippen LogP contribution in [0, 0.1) is 0 Å². The molecule has 1 atom stereocenters. The standard InChI is InChI=1S/C19H20N2O2/c1-12(2)13-7-3-5-9-16(13)21-19(23)15-11-18(22)20-17-10-6-4-8-14(15)17/h3-10,12,15H,11H2,1-2H3,(H,20,22)(H,21,23). The molecule has 0 radical (unpaired) electrons. The Morgan fingerprint density at radius 3 is 2.61 bits per heavy atom. The number of rotatable bonds is 3. The maximum absolute atomic E-state index is 12.8. The van der Waals surface area contributed by atoms with Crippen molar-refractivity contribution in [1.82, 2.24) is 0 Å². The maximum Gasteiger partial charge on any atom is 0.232 e. The van der Waals surface area contributed by atoms with E-state index >= 15 is 0 Å². The first-order chi connectivity index (χ1) is 11.1. The fraction of sp³-hybridized carbons (Fsp3) is 0.263. The normalized spacial score (nSPS) is 16.7. The van der Waals surface area contributed by atoms with Crippen molar-refractivity contribution in [3.05, 3.63) is 59.7 Å². The Morgan fingerprint density at radius 1 is 1.13 bits per heavy atom. The SMILES string of the molecule is CC(C)c1ccccc1NC(=O)C1CC(=O)Nc2ccccc21. The molecule has 0 saturated heterocycles. The number of benzene rings is 2. The molecule has 2 amide bonds. The summed E-state index contributed by atoms with van der Waals surface area (Å²) in [6.07, 6.45) is 0.173. The van der Waals surface area contributed by atoms with Crippen LogP contribution in [0.15, 0.2) is 48.5 Å². The Bertz CT molecular complexity index is 753. The van der Waals surface area contributed by atoms with Crippen molar-refractivity contribution in [3.63, 3.8) is 0 Å². The smallest absolute Gasteiger partial charge is 0.232 e. The zero-order valence-corrected chi connectivity index (χ0v) is 13.3. The molecular formula is C19H20N2O2. The number of fused-ring (bicyclic) bond motifs is 1. The summed E-state index contributed by atoms with van der Waals surface area (Å²) in [6.45, 7) is 4.18. The fourth-order valence-corrected chi connectivity index (χ4v) is 2.98. The lowest BCUT2D eigenvalue weighted by molar-refractivity contribution is -0.123. The van der Waals surface area contributed by atoms with Gasteiger partial charge in [0.2, 0.25) is 11.8 Å². The first kappa shape index (κ1) is 15.3. The van der Waals surface area contributed by atoms with Crippen molar-refractivity contribution in [1.29, 1.82) is 0 Å². The van der Waals surface area contributed by atoms with Crippen LogP contribution in [-0.4, -0.2) is 11.8 Å². The van der Waals surface area contributed by atoms with E-state index in [1.807, 2.05) is 48.5 Å². The van der Waals surface area contributed by atoms with Crippen LogP contribution in [0.2, 0.25) is 0 Å². The van der Waals surface area contributed by atoms with E-state index in [9.17, 15) is 9.59 Å². The highest BCUT2D eigenvalue weighted by atomic mass is 16.2. The lowest BCUT2D eigenvalue weighted by Crippen LogP contribution is -2.31. The van der Waals surface area contributed by atoms with Gasteiger partial charge in [-0.1, -0.05) is 50.2 Å². The van der Waals surface area contributed by atoms with Gasteiger partial charge < -0.3 is 10.6 Å². The van der Waals surface area contributed by atoms with E-state index in [1.54, 1.807) is 0 Å². The highest BCUT2D eigenvalue weighted by Crippen LogP contribution is 2.33. The molecule has 2 N–H and O–H groups in total. The van der Waals surface area contributed by atoms with Crippen molar-refractivity contribution >= 4 is 23.2 Å². The summed E-state index contributed by atoms with van der Waals surface area (Å²) in [5.41, 5.74) is 3.50. The Hall–Kier alpha value is -2.62. The van der Waals surface area contributed by atoms with Crippen molar-refractivity contribution in [2.75, 3.05) is 10.6 Å². The summed E-state index contributed by atoms with van der Waals surface area (Å²) in [7, 11) is 0. The number of carbonyl (C=O) groups excluding carboxylic acids is 2. The van der Waals surface area contributed by atoms with E-state index in [1.165, 1.54) is 0 Å². The number of amides is 2. The first-order valence-electron chi connectivity index (χ1n) is 7.85. The van der Waals surface area contributed by atoms with Gasteiger partial charge in [0, 0.05) is 17.8 Å². The molecular weight excluding hydrogens is 288 g/mol. The summed E-state index contributed by atoms with van der Waals surface area (Å²) >= 11 is 0. The molecule has 118 valence electrons. The average molecular weight is 308 g/mol. The molecule has 3 rings (SSSR count). The average Bonchev–Trinajstić information content (AvgIpc) is 2.54. The second kappa shape index (κ2) is 6.24. The van der Waals surface area contributed by atoms with Crippen LogP contribution >= 0.6 is 0 Å². The highest BCUT2D eigenvalue weighted by Gasteiger charge is 2.30. The van der Waals surface area contributed by atoms with Crippen LogP contribution in [0.3, 0.4) is 0 Å². The number of hydrogen-bond donors (Lipinski definition) is 2. The number of hydrogen-bond acceptors (Lipinski definition) is 2. The molecule has 0 bridgehead atoms. The van der Waals surface area contributed by atoms with Gasteiger partial charge >= 0.3 is 0 Å². The van der Waals surface area contributed by atoms with Crippen LogP contribution < -0.4 is 10.6 Å². The molecule has 0 aliphatic carbocycles. The zero-order valence-electron chi connectivity index (χ0n) is 13.3. The molecule has 4 nitrogen and oxygen atoms in total. The van der Waals surface area contributed by atoms with Crippen LogP contribution in [0.4, 0.5) is 11.4 Å². The van der Waals surface area contributed by atoms with E-state index in [0.717, 1.165) is 22.5 Å². The highest BCUT2D eigenvalue weighted by molar-refractivity contribution is 6.05. The summed E-state index contributed by atoms with van der Waals surface area (Å²) in [5, 5.41) is 5.82. The molecule has 2 aromatic carbocycles. The Balaban J connectivity index is 1.89. The largest absolute Gasteiger partial charge is 0.326 e. The molecule has 1 unspecified atom stereocenters. The van der Waals surface area contributed by atoms with E-state index in [4.69, 9.17) is 0 Å². The van der Waals surface area contributed by atoms with E-state index in [-0.39, 0.29) is 18.2 Å². The van der Waals surface area contributed by atoms with Gasteiger partial charge in [-0.05, 0) is 29.2 Å². The van der Waals surface area contributed by atoms with E-state index in [0.29, 0.717) is 5.92 Å². The van der Waals surface area contributed by atoms with Gasteiger partial charge in [0.25, 0.3) is 0 Å². The molecule has 23 heavy (non-hydrogen) atoms. The third kappa shape index (κ3) is 3.11. The van der Waals surface area contributed by atoms with Gasteiger partial charge in [-0.3, -0.25) is 9.59 Å². The topological polar surface area (TPSA) is 58.2 Å². The number of carbonyl (C=O) groups is 2. The van der Waals surface area contributed by atoms with E-state index < -0.39 is 5.92 Å². The van der Waals surface area contributed by atoms with Crippen molar-refractivity contribution in [3.8, 4) is 0 Å². The molecule has 1 aliphatic rings. The van der Waals surface area contributed by atoms with Gasteiger partial charge in [0.1, 0.15) is 0 Å². The van der Waals surface area contributed by atoms with Crippen LogP contribution in [0.5, 0.6) is 0 Å². The molecule has 0 fully saturated rings. The Morgan fingerprint density at radius 2 is 1.83 bits per heavy atom. The summed E-state index contributed by atoms with van der Waals surface area (Å²) in [6, 6.07) is 15.3. The number of anilines is 2. The Kier molecular flexibility index (Phi) is 4.15. The first-order valence-corrected chi connectivity index (χ1v) is 7.85. The summed E-state index contributed by atoms with van der Waals surface area (Å²) in [5.74, 6) is -0.407. The lowest BCUT2D eigenvalue weighted by atomic mass is 9.89. The Labute approximate surface area is 135 Å². The van der Waals surface area contributed by atoms with Crippen LogP contribution in [0.25, 0.3) is 0 Å². The van der Waals surface area contributed by atoms with Crippen molar-refractivity contribution in [2.24, 2.45) is 0 Å². The van der Waals surface area contributed by atoms with Gasteiger partial charge in [-0.15, -0.1) is 0 Å². The maximum atomic E-state index is 12.8. The minimum atomic E-state index is -0.458. The van der Waals surface area contributed by atoms with Crippen molar-refractivity contribution < 1.29 is 9.59 Å². The third-order valence-electron chi connectivity index (χ3n) is 4.16. The van der Waals surface area contributed by atoms with Crippen LogP contribution in [0.1, 0.15) is 43.2 Å². The predicted octanol–water partition coefficient (Wildman–Crippen LogP) is 3.87. The van der Waals surface area contributed by atoms with E-state index in [2.05, 4.69) is 24.5 Å². The summed E-state index contributed by atoms with van der Waals surface area (Å²) in [4.78, 5) is 24.6. The molecule has 0 saturated carbocycles. The lowest BCUT2D eigenvalue weighted by Gasteiger charge is -2.25. The minimum Gasteiger partial charge on any atom is -0.326 e. The monoisotopic (exact) mass is 308 g/mol. The molecule has 0 spiro atoms. The molecule has 1 aliphatic heterocycles. The predicted molar refractivity (Wildman–Crippen MR) is 91.6 cm³/mol. The molecule has 0 aromatic heterocycles. The second-order valence-electron chi connectivity index (χ2n) is 6.12. The molecule has 1 heterocycles. The van der Waals surface area contributed by atoms with Gasteiger partial charge in [-0.2, -0.15) is 0 Å². The van der Waals surface area contributed by atoms with Crippen molar-refractivity contribution in [2.45, 2.75) is 32.1 Å². The van der Waals surface area contributed by atoms with Gasteiger partial charge in [0.15, 0.2) is 0 Å². The second-order valence-corrected chi connectivity index (χ2v) is 6.12. The molecule has 4 heteroatoms. The van der Waals surface area contributed by atoms with Gasteiger partial charge in [-0.25, -0.2) is 0 Å².